The fourth-order valence-electron chi connectivity index (χ4n) is 2.92. The largest absolute Gasteiger partial charge is 0.493 e. The molecule has 0 atom stereocenters. The molecule has 5 aromatic rings. The van der Waals surface area contributed by atoms with Gasteiger partial charge in [0, 0.05) is 15.2 Å². The zero-order valence-corrected chi connectivity index (χ0v) is 14.7. The highest BCUT2D eigenvalue weighted by Crippen LogP contribution is 2.38. The van der Waals surface area contributed by atoms with Gasteiger partial charge in [0.05, 0.1) is 5.52 Å². The monoisotopic (exact) mass is 407 g/mol. The second-order valence-corrected chi connectivity index (χ2v) is 6.60. The summed E-state index contributed by atoms with van der Waals surface area (Å²) >= 11 is 3.42. The first kappa shape index (κ1) is 15.0. The molecule has 0 aliphatic heterocycles. The number of hydrogen-bond donors (Lipinski definition) is 2. The van der Waals surface area contributed by atoms with Crippen LogP contribution < -0.4 is 0 Å². The average Bonchev–Trinajstić information content (AvgIpc) is 3.17. The average molecular weight is 408 g/mol. The Morgan fingerprint density at radius 3 is 2.85 bits per heavy atom. The van der Waals surface area contributed by atoms with Crippen molar-refractivity contribution in [2.24, 2.45) is 10.2 Å². The summed E-state index contributed by atoms with van der Waals surface area (Å²) in [5.41, 5.74) is 2.94. The van der Waals surface area contributed by atoms with Crippen LogP contribution in [0, 0.1) is 0 Å². The van der Waals surface area contributed by atoms with Gasteiger partial charge in [-0.1, -0.05) is 28.1 Å². The minimum absolute atomic E-state index is 0.0586. The van der Waals surface area contributed by atoms with Crippen LogP contribution in [0.3, 0.4) is 0 Å². The van der Waals surface area contributed by atoms with Crippen molar-refractivity contribution in [1.29, 1.82) is 0 Å². The molecule has 3 aromatic heterocycles. The molecule has 2 aromatic carbocycles. The summed E-state index contributed by atoms with van der Waals surface area (Å²) in [6.45, 7) is 0. The van der Waals surface area contributed by atoms with E-state index < -0.39 is 0 Å². The van der Waals surface area contributed by atoms with Crippen molar-refractivity contribution in [2.75, 3.05) is 0 Å². The van der Waals surface area contributed by atoms with Crippen molar-refractivity contribution in [1.82, 2.24) is 15.0 Å². The minimum Gasteiger partial charge on any atom is -0.493 e. The van der Waals surface area contributed by atoms with Crippen molar-refractivity contribution in [2.45, 2.75) is 0 Å². The smallest absolute Gasteiger partial charge is 0.221 e. The number of rotatable bonds is 2. The lowest BCUT2D eigenvalue weighted by molar-refractivity contribution is 0.459. The zero-order valence-electron chi connectivity index (χ0n) is 13.1. The van der Waals surface area contributed by atoms with Crippen LogP contribution in [-0.4, -0.2) is 20.1 Å². The number of hydrogen-bond acceptors (Lipinski definition) is 6. The van der Waals surface area contributed by atoms with Gasteiger partial charge in [-0.15, -0.1) is 10.2 Å². The number of aromatic nitrogens is 3. The fourth-order valence-corrected chi connectivity index (χ4v) is 3.28. The maximum Gasteiger partial charge on any atom is 0.221 e. The van der Waals surface area contributed by atoms with Gasteiger partial charge in [-0.2, -0.15) is 0 Å². The molecule has 126 valence electrons. The summed E-state index contributed by atoms with van der Waals surface area (Å²) in [7, 11) is 0. The Morgan fingerprint density at radius 1 is 1.04 bits per heavy atom. The molecule has 0 spiro atoms. The highest BCUT2D eigenvalue weighted by molar-refractivity contribution is 9.10. The van der Waals surface area contributed by atoms with Crippen molar-refractivity contribution in [3.05, 3.63) is 53.3 Å². The van der Waals surface area contributed by atoms with Gasteiger partial charge in [-0.05, 0) is 30.3 Å². The number of furan rings is 1. The highest BCUT2D eigenvalue weighted by Gasteiger charge is 2.14. The molecule has 5 rings (SSSR count). The number of nitrogens with zero attached hydrogens (tertiary/aromatic N) is 4. The third-order valence-corrected chi connectivity index (χ3v) is 4.59. The number of fused-ring (bicyclic) bond motifs is 4. The third kappa shape index (κ3) is 2.26. The van der Waals surface area contributed by atoms with Crippen LogP contribution in [0.25, 0.3) is 33.0 Å². The van der Waals surface area contributed by atoms with Crippen LogP contribution >= 0.6 is 15.9 Å². The summed E-state index contributed by atoms with van der Waals surface area (Å²) in [5, 5.41) is 20.2. The predicted molar refractivity (Wildman–Crippen MR) is 101 cm³/mol. The molecule has 0 saturated carbocycles. The van der Waals surface area contributed by atoms with Crippen LogP contribution in [0.15, 0.2) is 67.9 Å². The first-order valence-corrected chi connectivity index (χ1v) is 8.54. The number of nitrogens with one attached hydrogen (secondary N) is 1. The minimum atomic E-state index is -0.0586. The van der Waals surface area contributed by atoms with Crippen LogP contribution in [0.1, 0.15) is 0 Å². The van der Waals surface area contributed by atoms with E-state index in [9.17, 15) is 5.11 Å². The molecule has 0 saturated heterocycles. The van der Waals surface area contributed by atoms with Gasteiger partial charge in [0.25, 0.3) is 0 Å². The number of para-hydroxylation sites is 1. The van der Waals surface area contributed by atoms with Gasteiger partial charge in [0.2, 0.25) is 11.7 Å². The molecule has 0 amide bonds. The highest BCUT2D eigenvalue weighted by atomic mass is 79.9. The molecule has 3 heterocycles. The number of aromatic hydroxyl groups is 1. The van der Waals surface area contributed by atoms with Gasteiger partial charge >= 0.3 is 0 Å². The predicted octanol–water partition coefficient (Wildman–Crippen LogP) is 5.74. The summed E-state index contributed by atoms with van der Waals surface area (Å²) < 4.78 is 6.71. The van der Waals surface area contributed by atoms with Crippen LogP contribution in [0.2, 0.25) is 0 Å². The molecule has 8 heteroatoms. The summed E-state index contributed by atoms with van der Waals surface area (Å²) in [6, 6.07) is 13.2. The van der Waals surface area contributed by atoms with Crippen molar-refractivity contribution < 1.29 is 9.52 Å². The maximum atomic E-state index is 10.2. The van der Waals surface area contributed by atoms with Gasteiger partial charge < -0.3 is 14.5 Å². The van der Waals surface area contributed by atoms with Crippen LogP contribution in [0.4, 0.5) is 11.5 Å². The molecule has 0 aliphatic carbocycles. The van der Waals surface area contributed by atoms with Crippen molar-refractivity contribution in [3.63, 3.8) is 0 Å². The van der Waals surface area contributed by atoms with Crippen molar-refractivity contribution in [3.8, 4) is 5.88 Å². The zero-order chi connectivity index (χ0) is 17.7. The number of aromatic amines is 1. The number of H-pyrrole nitrogens is 1. The summed E-state index contributed by atoms with van der Waals surface area (Å²) in [4.78, 5) is 11.3. The Hall–Kier alpha value is -3.26. The summed E-state index contributed by atoms with van der Waals surface area (Å²) in [5.74, 6) is 0.242. The number of benzene rings is 2. The topological polar surface area (TPSA) is 99.7 Å². The van der Waals surface area contributed by atoms with E-state index in [-0.39, 0.29) is 5.88 Å². The van der Waals surface area contributed by atoms with E-state index in [1.165, 1.54) is 6.33 Å². The molecule has 26 heavy (non-hydrogen) atoms. The van der Waals surface area contributed by atoms with Gasteiger partial charge in [-0.25, -0.2) is 9.97 Å². The molecule has 0 unspecified atom stereocenters. The number of azo groups is 1. The Balaban J connectivity index is 1.68. The molecule has 0 radical (unpaired) electrons. The molecule has 0 aliphatic rings. The Labute approximate surface area is 154 Å². The Morgan fingerprint density at radius 2 is 1.92 bits per heavy atom. The fraction of sp³-hybridized carbons (Fsp3) is 0. The third-order valence-electron chi connectivity index (χ3n) is 4.10. The molecule has 2 N–H and O–H groups in total. The second-order valence-electron chi connectivity index (χ2n) is 5.69. The molecular formula is C18H10BrN5O2. The number of halogens is 1. The molecule has 0 bridgehead atoms. The lowest BCUT2D eigenvalue weighted by Crippen LogP contribution is -1.78. The van der Waals surface area contributed by atoms with E-state index in [1.54, 1.807) is 0 Å². The lowest BCUT2D eigenvalue weighted by Gasteiger charge is -1.94. The van der Waals surface area contributed by atoms with E-state index in [0.717, 1.165) is 20.8 Å². The SMILES string of the molecule is Oc1[nH]c2ccc(Br)cc2c1N=Nc1ncnc2c1oc1ccccc12. The van der Waals surface area contributed by atoms with Gasteiger partial charge in [-0.3, -0.25) is 0 Å². The second kappa shape index (κ2) is 5.63. The normalized spacial score (nSPS) is 12.0. The molecule has 0 fully saturated rings. The lowest BCUT2D eigenvalue weighted by atomic mass is 10.2. The van der Waals surface area contributed by atoms with Crippen LogP contribution in [0.5, 0.6) is 5.88 Å². The summed E-state index contributed by atoms with van der Waals surface area (Å²) in [6.07, 6.45) is 1.42. The molecular weight excluding hydrogens is 398 g/mol. The van der Waals surface area contributed by atoms with E-state index in [2.05, 4.69) is 41.1 Å². The van der Waals surface area contributed by atoms with Crippen LogP contribution in [-0.2, 0) is 0 Å². The van der Waals surface area contributed by atoms with Crippen molar-refractivity contribution >= 4 is 60.4 Å². The first-order valence-electron chi connectivity index (χ1n) is 7.75. The standard InChI is InChI=1S/C18H10BrN5O2/c19-9-5-6-12-11(7-9)15(18(25)22-12)23-24-17-16-14(20-8-21-17)10-3-1-2-4-13(10)26-16/h1-8,22,25H. The Kier molecular flexibility index (Phi) is 3.26. The quantitative estimate of drug-likeness (QED) is 0.364. The van der Waals surface area contributed by atoms with E-state index in [4.69, 9.17) is 4.42 Å². The first-order chi connectivity index (χ1) is 12.7. The van der Waals surface area contributed by atoms with E-state index in [0.29, 0.717) is 28.2 Å². The van der Waals surface area contributed by atoms with E-state index >= 15 is 0 Å². The van der Waals surface area contributed by atoms with Gasteiger partial charge in [0.1, 0.15) is 17.4 Å². The molecule has 7 nitrogen and oxygen atoms in total. The Bertz CT molecular complexity index is 1320. The maximum absolute atomic E-state index is 10.2. The van der Waals surface area contributed by atoms with E-state index in [1.807, 2.05) is 42.5 Å². The van der Waals surface area contributed by atoms with Gasteiger partial charge in [0.15, 0.2) is 11.3 Å².